The predicted octanol–water partition coefficient (Wildman–Crippen LogP) is 4.36. The molecule has 4 rings (SSSR count). The Morgan fingerprint density at radius 3 is 2.74 bits per heavy atom. The van der Waals surface area contributed by atoms with E-state index in [1.54, 1.807) is 59.1 Å². The molecule has 1 amide bonds. The summed E-state index contributed by atoms with van der Waals surface area (Å²) in [5, 5.41) is 7.25. The predicted molar refractivity (Wildman–Crippen MR) is 118 cm³/mol. The van der Waals surface area contributed by atoms with E-state index in [-0.39, 0.29) is 18.2 Å². The minimum Gasteiger partial charge on any atom is -0.405 e. The van der Waals surface area contributed by atoms with Gasteiger partial charge in [-0.2, -0.15) is 5.10 Å². The molecule has 1 aliphatic heterocycles. The minimum atomic E-state index is -4.79. The van der Waals surface area contributed by atoms with E-state index in [0.717, 1.165) is 5.57 Å². The Balaban J connectivity index is 1.61. The first-order valence-corrected chi connectivity index (χ1v) is 10.4. The van der Waals surface area contributed by atoms with Crippen LogP contribution in [0, 0.1) is 0 Å². The van der Waals surface area contributed by atoms with Crippen molar-refractivity contribution < 1.29 is 27.4 Å². The van der Waals surface area contributed by atoms with Gasteiger partial charge >= 0.3 is 6.36 Å². The average molecular weight is 473 g/mol. The number of halogens is 3. The molecule has 0 spiro atoms. The van der Waals surface area contributed by atoms with E-state index in [9.17, 15) is 18.0 Å². The normalized spacial score (nSPS) is 16.0. The largest absolute Gasteiger partial charge is 0.573 e. The molecule has 3 heterocycles. The van der Waals surface area contributed by atoms with Gasteiger partial charge in [0.1, 0.15) is 12.0 Å². The molecule has 11 heteroatoms. The number of alkyl halides is 3. The molecule has 0 aliphatic carbocycles. The fourth-order valence-electron chi connectivity index (χ4n) is 3.48. The van der Waals surface area contributed by atoms with E-state index in [1.165, 1.54) is 19.2 Å². The van der Waals surface area contributed by atoms with Gasteiger partial charge in [-0.15, -0.1) is 13.2 Å². The number of carbonyl (C=O) groups excluding carboxylic acids is 1. The first-order chi connectivity index (χ1) is 16.3. The smallest absolute Gasteiger partial charge is 0.405 e. The minimum absolute atomic E-state index is 0.110. The van der Waals surface area contributed by atoms with Crippen LogP contribution in [-0.2, 0) is 16.1 Å². The fraction of sp³-hybridized carbons (Fsp3) is 0.261. The number of anilines is 1. The lowest BCUT2D eigenvalue weighted by Gasteiger charge is -2.31. The number of methoxy groups -OCH3 is 1. The molecular formula is C23H22F3N5O3. The maximum Gasteiger partial charge on any atom is 0.573 e. The molecule has 34 heavy (non-hydrogen) atoms. The van der Waals surface area contributed by atoms with Crippen LogP contribution in [-0.4, -0.2) is 45.1 Å². The summed E-state index contributed by atoms with van der Waals surface area (Å²) in [6.45, 7) is 1.86. The second-order valence-corrected chi connectivity index (χ2v) is 7.45. The number of benzene rings is 1. The molecule has 1 N–H and O–H groups in total. The van der Waals surface area contributed by atoms with E-state index in [2.05, 4.69) is 20.1 Å². The number of aromatic nitrogens is 3. The fourth-order valence-corrected chi connectivity index (χ4v) is 3.48. The molecule has 8 nitrogen and oxygen atoms in total. The number of nitrogens with one attached hydrogen (secondary N) is 1. The van der Waals surface area contributed by atoms with Crippen LogP contribution in [0.2, 0.25) is 0 Å². The van der Waals surface area contributed by atoms with Crippen molar-refractivity contribution in [1.82, 2.24) is 19.5 Å². The van der Waals surface area contributed by atoms with Gasteiger partial charge in [0.15, 0.2) is 11.5 Å². The summed E-state index contributed by atoms with van der Waals surface area (Å²) < 4.78 is 49.7. The van der Waals surface area contributed by atoms with Crippen LogP contribution in [0.5, 0.6) is 5.75 Å². The maximum atomic E-state index is 12.8. The van der Waals surface area contributed by atoms with Crippen molar-refractivity contribution in [1.29, 1.82) is 0 Å². The standard InChI is InChI=1S/C23H22F3N5O3/c1-3-21(32)28-19-14-31-20(27-19)10-9-17(29-31)15-8-11-22(33-2)30(12-15)13-16-6-4-5-7-18(16)34-23(24,25)26/h4-12,14,22H,3,13H2,1-2H3,(H,28,32). The third-order valence-corrected chi connectivity index (χ3v) is 5.07. The Hall–Kier alpha value is -3.86. The van der Waals surface area contributed by atoms with Crippen LogP contribution < -0.4 is 10.1 Å². The molecule has 2 aromatic heterocycles. The number of ether oxygens (including phenoxy) is 2. The molecule has 1 atom stereocenters. The highest BCUT2D eigenvalue weighted by molar-refractivity contribution is 5.89. The van der Waals surface area contributed by atoms with Crippen LogP contribution in [0.25, 0.3) is 11.2 Å². The number of imidazole rings is 1. The lowest BCUT2D eigenvalue weighted by molar-refractivity contribution is -0.275. The number of allylic oxidation sites excluding steroid dienone is 2. The van der Waals surface area contributed by atoms with Crippen molar-refractivity contribution in [2.45, 2.75) is 32.5 Å². The summed E-state index contributed by atoms with van der Waals surface area (Å²) in [5.74, 6) is -0.0291. The number of carbonyl (C=O) groups is 1. The zero-order valence-corrected chi connectivity index (χ0v) is 18.4. The lowest BCUT2D eigenvalue weighted by atomic mass is 10.1. The molecular weight excluding hydrogens is 451 g/mol. The van der Waals surface area contributed by atoms with Gasteiger partial charge in [-0.1, -0.05) is 31.2 Å². The molecule has 0 bridgehead atoms. The second kappa shape index (κ2) is 9.56. The molecule has 0 saturated carbocycles. The van der Waals surface area contributed by atoms with Crippen LogP contribution in [0.1, 0.15) is 24.6 Å². The summed E-state index contributed by atoms with van der Waals surface area (Å²) in [6, 6.07) is 9.51. The SMILES string of the molecule is CCC(=O)Nc1cn2nc(C3=CN(Cc4ccccc4OC(F)(F)F)C(OC)C=C3)ccc2n1. The quantitative estimate of drug-likeness (QED) is 0.549. The molecule has 0 saturated heterocycles. The average Bonchev–Trinajstić information content (AvgIpc) is 3.20. The Morgan fingerprint density at radius 1 is 1.21 bits per heavy atom. The van der Waals surface area contributed by atoms with Crippen molar-refractivity contribution in [3.63, 3.8) is 0 Å². The molecule has 3 aromatic rings. The molecule has 0 radical (unpaired) electrons. The first kappa shape index (κ1) is 23.3. The van der Waals surface area contributed by atoms with Crippen molar-refractivity contribution in [2.75, 3.05) is 12.4 Å². The van der Waals surface area contributed by atoms with Crippen molar-refractivity contribution in [3.05, 3.63) is 72.2 Å². The van der Waals surface area contributed by atoms with E-state index >= 15 is 0 Å². The highest BCUT2D eigenvalue weighted by Crippen LogP contribution is 2.30. The third kappa shape index (κ3) is 5.37. The third-order valence-electron chi connectivity index (χ3n) is 5.07. The van der Waals surface area contributed by atoms with Crippen LogP contribution >= 0.6 is 0 Å². The number of fused-ring (bicyclic) bond motifs is 1. The van der Waals surface area contributed by atoms with Gasteiger partial charge in [-0.05, 0) is 24.3 Å². The number of hydrogen-bond acceptors (Lipinski definition) is 6. The van der Waals surface area contributed by atoms with Crippen molar-refractivity contribution in [3.8, 4) is 5.75 Å². The topological polar surface area (TPSA) is 81.0 Å². The second-order valence-electron chi connectivity index (χ2n) is 7.45. The highest BCUT2D eigenvalue weighted by atomic mass is 19.4. The van der Waals surface area contributed by atoms with E-state index in [1.807, 2.05) is 6.08 Å². The Morgan fingerprint density at radius 2 is 2.00 bits per heavy atom. The van der Waals surface area contributed by atoms with Crippen LogP contribution in [0.15, 0.2) is 60.9 Å². The first-order valence-electron chi connectivity index (χ1n) is 10.4. The monoisotopic (exact) mass is 473 g/mol. The van der Waals surface area contributed by atoms with E-state index < -0.39 is 12.6 Å². The van der Waals surface area contributed by atoms with Gasteiger partial charge in [0.05, 0.1) is 11.9 Å². The number of rotatable bonds is 7. The Labute approximate surface area is 193 Å². The van der Waals surface area contributed by atoms with Gasteiger partial charge in [-0.3, -0.25) is 4.79 Å². The van der Waals surface area contributed by atoms with Crippen LogP contribution in [0.3, 0.4) is 0 Å². The Bertz CT molecular complexity index is 1250. The summed E-state index contributed by atoms with van der Waals surface area (Å²) in [7, 11) is 1.51. The highest BCUT2D eigenvalue weighted by Gasteiger charge is 2.32. The summed E-state index contributed by atoms with van der Waals surface area (Å²) in [5.41, 5.74) is 2.23. The van der Waals surface area contributed by atoms with Gasteiger partial charge in [0.25, 0.3) is 0 Å². The summed E-state index contributed by atoms with van der Waals surface area (Å²) in [6.07, 6.45) is 2.04. The molecule has 0 fully saturated rings. The number of para-hydroxylation sites is 1. The number of amides is 1. The van der Waals surface area contributed by atoms with Crippen molar-refractivity contribution >= 4 is 22.9 Å². The van der Waals surface area contributed by atoms with Gasteiger partial charge in [0, 0.05) is 37.4 Å². The van der Waals surface area contributed by atoms with Gasteiger partial charge < -0.3 is 19.7 Å². The van der Waals surface area contributed by atoms with Gasteiger partial charge in [-0.25, -0.2) is 9.50 Å². The molecule has 1 aliphatic rings. The molecule has 178 valence electrons. The Kier molecular flexibility index (Phi) is 6.55. The summed E-state index contributed by atoms with van der Waals surface area (Å²) in [4.78, 5) is 17.7. The number of hydrogen-bond donors (Lipinski definition) is 1. The molecule has 1 unspecified atom stereocenters. The number of nitrogens with zero attached hydrogens (tertiary/aromatic N) is 4. The van der Waals surface area contributed by atoms with Gasteiger partial charge in [0.2, 0.25) is 5.91 Å². The van der Waals surface area contributed by atoms with Crippen LogP contribution in [0.4, 0.5) is 19.0 Å². The zero-order chi connectivity index (χ0) is 24.3. The van der Waals surface area contributed by atoms with Crippen molar-refractivity contribution in [2.24, 2.45) is 0 Å². The van der Waals surface area contributed by atoms with E-state index in [0.29, 0.717) is 29.1 Å². The van der Waals surface area contributed by atoms with E-state index in [4.69, 9.17) is 4.74 Å². The lowest BCUT2D eigenvalue weighted by Crippen LogP contribution is -2.32. The molecule has 1 aromatic carbocycles. The zero-order valence-electron chi connectivity index (χ0n) is 18.4. The summed E-state index contributed by atoms with van der Waals surface area (Å²) >= 11 is 0. The maximum absolute atomic E-state index is 12.8.